The molecule has 3 heteroatoms. The number of hydrogen-bond acceptors (Lipinski definition) is 2. The Balaban J connectivity index is 1.90. The van der Waals surface area contributed by atoms with Crippen molar-refractivity contribution in [1.82, 2.24) is 0 Å². The number of ether oxygens (including phenoxy) is 1. The molecule has 12 heavy (non-hydrogen) atoms. The Morgan fingerprint density at radius 3 is 2.83 bits per heavy atom. The van der Waals surface area contributed by atoms with Crippen LogP contribution < -0.4 is 0 Å². The van der Waals surface area contributed by atoms with Gasteiger partial charge in [-0.05, 0) is 32.3 Å². The van der Waals surface area contributed by atoms with E-state index in [-0.39, 0.29) is 0 Å². The molecule has 2 nitrogen and oxygen atoms in total. The van der Waals surface area contributed by atoms with Gasteiger partial charge in [-0.25, -0.2) is 0 Å². The average molecular weight is 188 g/mol. The van der Waals surface area contributed by atoms with Gasteiger partial charge in [0.15, 0.2) is 0 Å². The maximum atomic E-state index is 10.7. The molecule has 1 saturated heterocycles. The molecule has 0 saturated carbocycles. The van der Waals surface area contributed by atoms with Crippen LogP contribution in [0, 0.1) is 0 Å². The van der Waals surface area contributed by atoms with E-state index in [0.717, 1.165) is 25.2 Å². The maximum Gasteiger partial charge on any atom is 0.0873 e. The van der Waals surface area contributed by atoms with Crippen LogP contribution in [-0.4, -0.2) is 21.8 Å². The molecule has 0 amide bonds. The van der Waals surface area contributed by atoms with Gasteiger partial charge in [-0.3, -0.25) is 4.21 Å². The standard InChI is InChI=1S/C9H16O2S/c1-8(2)6-11-5-3-4-9-7-12(9)10/h6,9H,3-5,7H2,1-2H3. The quantitative estimate of drug-likeness (QED) is 0.374. The summed E-state index contributed by atoms with van der Waals surface area (Å²) < 4.78 is 16.0. The summed E-state index contributed by atoms with van der Waals surface area (Å²) in [5.41, 5.74) is 1.19. The first-order valence-electron chi connectivity index (χ1n) is 4.32. The molecule has 2 unspecified atom stereocenters. The molecule has 0 aromatic rings. The molecule has 1 fully saturated rings. The van der Waals surface area contributed by atoms with Gasteiger partial charge in [-0.2, -0.15) is 0 Å². The van der Waals surface area contributed by atoms with Gasteiger partial charge in [0, 0.05) is 21.8 Å². The highest BCUT2D eigenvalue weighted by Crippen LogP contribution is 2.20. The normalized spacial score (nSPS) is 26.5. The third-order valence-electron chi connectivity index (χ3n) is 1.71. The zero-order valence-corrected chi connectivity index (χ0v) is 8.52. The summed E-state index contributed by atoms with van der Waals surface area (Å²) in [6.45, 7) is 4.78. The van der Waals surface area contributed by atoms with Crippen molar-refractivity contribution in [2.24, 2.45) is 0 Å². The van der Waals surface area contributed by atoms with Crippen LogP contribution in [0.3, 0.4) is 0 Å². The molecule has 1 heterocycles. The SMILES string of the molecule is CC(C)=COCCCC1CS1=O. The molecule has 0 aromatic heterocycles. The van der Waals surface area contributed by atoms with Gasteiger partial charge in [0.1, 0.15) is 0 Å². The van der Waals surface area contributed by atoms with Gasteiger partial charge in [0.2, 0.25) is 0 Å². The van der Waals surface area contributed by atoms with Gasteiger partial charge in [0.05, 0.1) is 12.9 Å². The van der Waals surface area contributed by atoms with Crippen LogP contribution in [0.2, 0.25) is 0 Å². The lowest BCUT2D eigenvalue weighted by atomic mass is 10.3. The highest BCUT2D eigenvalue weighted by molar-refractivity contribution is 7.92. The molecule has 2 atom stereocenters. The Hall–Kier alpha value is -0.310. The summed E-state index contributed by atoms with van der Waals surface area (Å²) in [4.78, 5) is 0. The van der Waals surface area contributed by atoms with Gasteiger partial charge in [-0.1, -0.05) is 0 Å². The topological polar surface area (TPSA) is 26.3 Å². The van der Waals surface area contributed by atoms with E-state index < -0.39 is 10.8 Å². The van der Waals surface area contributed by atoms with Gasteiger partial charge in [0.25, 0.3) is 0 Å². The van der Waals surface area contributed by atoms with Gasteiger partial charge >= 0.3 is 0 Å². The summed E-state index contributed by atoms with van der Waals surface area (Å²) in [5.74, 6) is 0.919. The number of rotatable bonds is 5. The van der Waals surface area contributed by atoms with Crippen LogP contribution >= 0.6 is 0 Å². The third kappa shape index (κ3) is 3.90. The molecule has 70 valence electrons. The van der Waals surface area contributed by atoms with Crippen LogP contribution in [0.1, 0.15) is 26.7 Å². The van der Waals surface area contributed by atoms with Crippen molar-refractivity contribution >= 4 is 10.8 Å². The highest BCUT2D eigenvalue weighted by atomic mass is 32.2. The van der Waals surface area contributed by atoms with E-state index in [9.17, 15) is 4.21 Å². The third-order valence-corrected chi connectivity index (χ3v) is 3.16. The summed E-state index contributed by atoms with van der Waals surface area (Å²) >= 11 is 0. The molecule has 1 rings (SSSR count). The zero-order chi connectivity index (χ0) is 8.97. The first-order chi connectivity index (χ1) is 5.70. The van der Waals surface area contributed by atoms with Gasteiger partial charge < -0.3 is 4.74 Å². The van der Waals surface area contributed by atoms with Crippen LogP contribution in [0.25, 0.3) is 0 Å². The molecule has 0 aromatic carbocycles. The van der Waals surface area contributed by atoms with E-state index in [4.69, 9.17) is 4.74 Å². The predicted octanol–water partition coefficient (Wildman–Crippen LogP) is 1.84. The Labute approximate surface area is 76.5 Å². The summed E-state index contributed by atoms with van der Waals surface area (Å²) in [7, 11) is -0.484. The molecule has 1 aliphatic heterocycles. The first-order valence-corrected chi connectivity index (χ1v) is 5.70. The minimum Gasteiger partial charge on any atom is -0.501 e. The number of hydrogen-bond donors (Lipinski definition) is 0. The molecule has 1 aliphatic rings. The lowest BCUT2D eigenvalue weighted by molar-refractivity contribution is 0.240. The van der Waals surface area contributed by atoms with E-state index in [2.05, 4.69) is 0 Å². The summed E-state index contributed by atoms with van der Waals surface area (Å²) in [6.07, 6.45) is 3.87. The van der Waals surface area contributed by atoms with Crippen molar-refractivity contribution in [1.29, 1.82) is 0 Å². The van der Waals surface area contributed by atoms with Gasteiger partial charge in [-0.15, -0.1) is 0 Å². The molecule has 0 bridgehead atoms. The van der Waals surface area contributed by atoms with Crippen LogP contribution in [0.15, 0.2) is 11.8 Å². The van der Waals surface area contributed by atoms with Crippen LogP contribution in [0.5, 0.6) is 0 Å². The zero-order valence-electron chi connectivity index (χ0n) is 7.71. The first kappa shape index (κ1) is 9.78. The Morgan fingerprint density at radius 2 is 2.33 bits per heavy atom. The Kier molecular flexibility index (Phi) is 3.79. The van der Waals surface area contributed by atoms with E-state index in [1.54, 1.807) is 6.26 Å². The average Bonchev–Trinajstić information content (AvgIpc) is 2.65. The molecule has 0 spiro atoms. The Morgan fingerprint density at radius 1 is 1.67 bits per heavy atom. The molecule has 0 N–H and O–H groups in total. The highest BCUT2D eigenvalue weighted by Gasteiger charge is 2.31. The minimum absolute atomic E-state index is 0.484. The van der Waals surface area contributed by atoms with Crippen molar-refractivity contribution in [2.75, 3.05) is 12.4 Å². The molecular formula is C9H16O2S. The largest absolute Gasteiger partial charge is 0.501 e. The summed E-state index contributed by atoms with van der Waals surface area (Å²) in [5, 5.41) is 0.486. The predicted molar refractivity (Wildman–Crippen MR) is 51.4 cm³/mol. The van der Waals surface area contributed by atoms with Crippen LogP contribution in [-0.2, 0) is 15.5 Å². The van der Waals surface area contributed by atoms with E-state index >= 15 is 0 Å². The molecule has 0 radical (unpaired) electrons. The van der Waals surface area contributed by atoms with Crippen molar-refractivity contribution in [2.45, 2.75) is 31.9 Å². The second-order valence-corrected chi connectivity index (χ2v) is 5.14. The van der Waals surface area contributed by atoms with Crippen molar-refractivity contribution in [3.63, 3.8) is 0 Å². The molecule has 0 aliphatic carbocycles. The fourth-order valence-electron chi connectivity index (χ4n) is 0.979. The lowest BCUT2D eigenvalue weighted by Gasteiger charge is -1.99. The van der Waals surface area contributed by atoms with E-state index in [1.807, 2.05) is 13.8 Å². The van der Waals surface area contributed by atoms with E-state index in [1.165, 1.54) is 5.57 Å². The monoisotopic (exact) mass is 188 g/mol. The smallest absolute Gasteiger partial charge is 0.0873 e. The fourth-order valence-corrected chi connectivity index (χ4v) is 2.03. The lowest BCUT2D eigenvalue weighted by Crippen LogP contribution is -1.92. The maximum absolute atomic E-state index is 10.7. The van der Waals surface area contributed by atoms with E-state index in [0.29, 0.717) is 5.25 Å². The fraction of sp³-hybridized carbons (Fsp3) is 0.778. The van der Waals surface area contributed by atoms with Crippen molar-refractivity contribution in [3.05, 3.63) is 11.8 Å². The number of allylic oxidation sites excluding steroid dienone is 1. The van der Waals surface area contributed by atoms with Crippen LogP contribution in [0.4, 0.5) is 0 Å². The summed E-state index contributed by atoms with van der Waals surface area (Å²) in [6, 6.07) is 0. The van der Waals surface area contributed by atoms with Crippen molar-refractivity contribution in [3.8, 4) is 0 Å². The second kappa shape index (κ2) is 4.65. The Bertz CT molecular complexity index is 195. The molecular weight excluding hydrogens is 172 g/mol. The second-order valence-electron chi connectivity index (χ2n) is 3.38. The minimum atomic E-state index is -0.484. The van der Waals surface area contributed by atoms with Crippen molar-refractivity contribution < 1.29 is 8.95 Å².